The number of alkyl halides is 1. The van der Waals surface area contributed by atoms with Crippen molar-refractivity contribution in [2.24, 2.45) is 0 Å². The first-order valence-corrected chi connectivity index (χ1v) is 12.1. The maximum Gasteiger partial charge on any atom is 0.318 e. The van der Waals surface area contributed by atoms with Crippen LogP contribution in [0, 0.1) is 0 Å². The summed E-state index contributed by atoms with van der Waals surface area (Å²) in [6.07, 6.45) is 0.683. The fourth-order valence-electron chi connectivity index (χ4n) is 3.32. The summed E-state index contributed by atoms with van der Waals surface area (Å²) in [6, 6.07) is 25.7. The lowest BCUT2D eigenvalue weighted by Crippen LogP contribution is -2.15. The second-order valence-corrected chi connectivity index (χ2v) is 10.6. The molecule has 3 aromatic carbocycles. The summed E-state index contributed by atoms with van der Waals surface area (Å²) in [6.45, 7) is 2.74. The molecule has 0 radical (unpaired) electrons. The van der Waals surface area contributed by atoms with E-state index in [1.54, 1.807) is 0 Å². The Kier molecular flexibility index (Phi) is 6.35. The second-order valence-electron chi connectivity index (χ2n) is 6.76. The minimum atomic E-state index is -0.173. The van der Waals surface area contributed by atoms with Gasteiger partial charge in [-0.1, -0.05) is 46.9 Å². The van der Waals surface area contributed by atoms with E-state index < -0.39 is 0 Å². The van der Waals surface area contributed by atoms with E-state index in [-0.39, 0.29) is 20.4 Å². The van der Waals surface area contributed by atoms with Crippen molar-refractivity contribution in [1.82, 2.24) is 0 Å². The third kappa shape index (κ3) is 4.41. The molecule has 0 fully saturated rings. The second kappa shape index (κ2) is 9.13. The van der Waals surface area contributed by atoms with Crippen LogP contribution in [0.2, 0.25) is 0 Å². The number of rotatable bonds is 7. The topological polar surface area (TPSA) is 35.5 Å². The van der Waals surface area contributed by atoms with E-state index in [9.17, 15) is 4.79 Å². The Bertz CT molecular complexity index is 1080. The van der Waals surface area contributed by atoms with Gasteiger partial charge in [0, 0.05) is 39.8 Å². The molecule has 1 heterocycles. The van der Waals surface area contributed by atoms with E-state index in [0.29, 0.717) is 19.6 Å². The van der Waals surface area contributed by atoms with Crippen molar-refractivity contribution < 1.29 is 14.3 Å². The molecule has 4 aromatic rings. The fraction of sp³-hybridized carbons (Fsp3) is 0.208. The van der Waals surface area contributed by atoms with E-state index in [1.165, 1.54) is 25.1 Å². The zero-order chi connectivity index (χ0) is 20.2. The minimum Gasteiger partial charge on any atom is -0.493 e. The predicted octanol–water partition coefficient (Wildman–Crippen LogP) is 6.87. The number of carbonyl (C=O) groups is 1. The van der Waals surface area contributed by atoms with Crippen LogP contribution in [0.25, 0.3) is 25.1 Å². The molecule has 0 N–H and O–H groups in total. The van der Waals surface area contributed by atoms with Gasteiger partial charge in [0.2, 0.25) is 0 Å². The normalized spacial score (nSPS) is 12.2. The van der Waals surface area contributed by atoms with Gasteiger partial charge in [-0.3, -0.25) is 4.79 Å². The van der Waals surface area contributed by atoms with Gasteiger partial charge in [0.15, 0.2) is 14.3 Å². The number of hydrogen-bond donors (Lipinski definition) is 0. The smallest absolute Gasteiger partial charge is 0.318 e. The van der Waals surface area contributed by atoms with Gasteiger partial charge in [0.25, 0.3) is 0 Å². The summed E-state index contributed by atoms with van der Waals surface area (Å²) in [5.41, 5.74) is 0. The molecule has 3 nitrogen and oxygen atoms in total. The Labute approximate surface area is 186 Å². The highest BCUT2D eigenvalue weighted by Crippen LogP contribution is 2.48. The Morgan fingerprint density at radius 1 is 0.897 bits per heavy atom. The maximum atomic E-state index is 11.4. The number of carbonyl (C=O) groups excluding carboxylic acids is 1. The number of fused-ring (bicyclic) bond motifs is 3. The highest BCUT2D eigenvalue weighted by molar-refractivity contribution is 14.1. The lowest BCUT2D eigenvalue weighted by Gasteiger charge is -2.08. The quantitative estimate of drug-likeness (QED) is 0.0883. The van der Waals surface area contributed by atoms with Crippen LogP contribution < -0.4 is 4.74 Å². The molecule has 1 atom stereocenters. The molecule has 1 aromatic heterocycles. The van der Waals surface area contributed by atoms with Crippen LogP contribution in [0.15, 0.2) is 72.8 Å². The standard InChI is InChI=1S/C24H22IO3S/c1-17(25)24(26)28-16-6-15-27-18-11-13-19(14-12-18)29-22-9-4-2-7-20(22)21-8-3-5-10-23(21)29/h2-5,7-14,17H,6,15-16H2,1H3/q+1. The summed E-state index contributed by atoms with van der Waals surface area (Å²) in [7, 11) is -0.0812. The van der Waals surface area contributed by atoms with Gasteiger partial charge in [0.1, 0.15) is 9.67 Å². The Hall–Kier alpha value is -2.12. The van der Waals surface area contributed by atoms with Gasteiger partial charge >= 0.3 is 5.97 Å². The number of ether oxygens (including phenoxy) is 2. The lowest BCUT2D eigenvalue weighted by molar-refractivity contribution is -0.142. The van der Waals surface area contributed by atoms with E-state index in [1.807, 2.05) is 19.1 Å². The zero-order valence-electron chi connectivity index (χ0n) is 16.1. The average Bonchev–Trinajstić information content (AvgIpc) is 3.08. The molecule has 29 heavy (non-hydrogen) atoms. The van der Waals surface area contributed by atoms with Crippen molar-refractivity contribution in [3.05, 3.63) is 72.8 Å². The first-order valence-electron chi connectivity index (χ1n) is 9.61. The van der Waals surface area contributed by atoms with Gasteiger partial charge in [-0.2, -0.15) is 0 Å². The van der Waals surface area contributed by atoms with Crippen molar-refractivity contribution in [2.75, 3.05) is 13.2 Å². The van der Waals surface area contributed by atoms with Crippen LogP contribution in [-0.4, -0.2) is 23.1 Å². The van der Waals surface area contributed by atoms with Crippen LogP contribution in [0.5, 0.6) is 5.75 Å². The van der Waals surface area contributed by atoms with E-state index in [0.717, 1.165) is 5.75 Å². The van der Waals surface area contributed by atoms with Crippen LogP contribution in [0.1, 0.15) is 13.3 Å². The van der Waals surface area contributed by atoms with Crippen LogP contribution in [0.3, 0.4) is 0 Å². The molecular weight excluding hydrogens is 495 g/mol. The molecule has 0 aliphatic heterocycles. The van der Waals surface area contributed by atoms with Gasteiger partial charge in [0.05, 0.1) is 13.2 Å². The van der Waals surface area contributed by atoms with E-state index >= 15 is 0 Å². The number of esters is 1. The highest BCUT2D eigenvalue weighted by atomic mass is 127. The summed E-state index contributed by atoms with van der Waals surface area (Å²) in [5, 5.41) is 2.67. The monoisotopic (exact) mass is 517 g/mol. The molecule has 5 heteroatoms. The Morgan fingerprint density at radius 3 is 2.07 bits per heavy atom. The lowest BCUT2D eigenvalue weighted by atomic mass is 10.2. The van der Waals surface area contributed by atoms with E-state index in [4.69, 9.17) is 9.47 Å². The molecule has 0 spiro atoms. The average molecular weight is 517 g/mol. The number of thiophene rings is 1. The molecule has 0 saturated heterocycles. The molecule has 0 saturated carbocycles. The highest BCUT2D eigenvalue weighted by Gasteiger charge is 2.22. The van der Waals surface area contributed by atoms with Crippen LogP contribution in [0.4, 0.5) is 0 Å². The SMILES string of the molecule is CC(I)C(=O)OCCCOc1ccc(-[s+]2c3ccccc3c3ccccc32)cc1. The molecule has 1 unspecified atom stereocenters. The van der Waals surface area contributed by atoms with Crippen molar-refractivity contribution in [3.8, 4) is 10.6 Å². The maximum absolute atomic E-state index is 11.4. The van der Waals surface area contributed by atoms with Gasteiger partial charge in [-0.25, -0.2) is 0 Å². The molecule has 4 rings (SSSR count). The molecule has 0 bridgehead atoms. The molecule has 0 amide bonds. The van der Waals surface area contributed by atoms with Crippen molar-refractivity contribution in [2.45, 2.75) is 17.3 Å². The summed E-state index contributed by atoms with van der Waals surface area (Å²) in [4.78, 5) is 12.7. The first-order chi connectivity index (χ1) is 14.1. The van der Waals surface area contributed by atoms with Crippen LogP contribution >= 0.6 is 33.1 Å². The summed E-state index contributed by atoms with van der Waals surface area (Å²) < 4.78 is 13.6. The van der Waals surface area contributed by atoms with Crippen LogP contribution in [-0.2, 0) is 9.53 Å². The third-order valence-corrected chi connectivity index (χ3v) is 7.53. The minimum absolute atomic E-state index is 0.0812. The Balaban J connectivity index is 1.48. The third-order valence-electron chi connectivity index (χ3n) is 4.69. The summed E-state index contributed by atoms with van der Waals surface area (Å²) >= 11 is 2.05. The molecule has 148 valence electrons. The van der Waals surface area contributed by atoms with Gasteiger partial charge < -0.3 is 9.47 Å². The largest absolute Gasteiger partial charge is 0.493 e. The zero-order valence-corrected chi connectivity index (χ0v) is 19.1. The van der Waals surface area contributed by atoms with E-state index in [2.05, 4.69) is 83.3 Å². The summed E-state index contributed by atoms with van der Waals surface area (Å²) in [5.74, 6) is 0.666. The molecular formula is C24H22IO3S+. The Morgan fingerprint density at radius 2 is 1.48 bits per heavy atom. The fourth-order valence-corrected chi connectivity index (χ4v) is 5.87. The molecule has 0 aliphatic rings. The van der Waals surface area contributed by atoms with Crippen molar-refractivity contribution in [1.29, 1.82) is 0 Å². The van der Waals surface area contributed by atoms with Crippen molar-refractivity contribution >= 4 is 59.2 Å². The van der Waals surface area contributed by atoms with Crippen molar-refractivity contribution in [3.63, 3.8) is 0 Å². The first kappa shape index (κ1) is 20.2. The predicted molar refractivity (Wildman–Crippen MR) is 130 cm³/mol. The molecule has 0 aliphatic carbocycles. The number of benzene rings is 3. The van der Waals surface area contributed by atoms with Gasteiger partial charge in [-0.05, 0) is 43.3 Å². The number of hydrogen-bond acceptors (Lipinski definition) is 3. The van der Waals surface area contributed by atoms with Gasteiger partial charge in [-0.15, -0.1) is 0 Å². The number of halogens is 1.